The van der Waals surface area contributed by atoms with Gasteiger partial charge in [-0.05, 0) is 83.2 Å². The summed E-state index contributed by atoms with van der Waals surface area (Å²) in [5.41, 5.74) is 1.05. The van der Waals surface area contributed by atoms with Gasteiger partial charge in [0.25, 0.3) is 0 Å². The molecule has 7 heteroatoms. The Morgan fingerprint density at radius 2 is 2.13 bits per heavy atom. The van der Waals surface area contributed by atoms with Crippen molar-refractivity contribution in [1.29, 1.82) is 0 Å². The minimum absolute atomic E-state index is 0.179. The summed E-state index contributed by atoms with van der Waals surface area (Å²) in [6.07, 6.45) is 5.14. The fourth-order valence-corrected chi connectivity index (χ4v) is 3.16. The maximum absolute atomic E-state index is 11.8. The third-order valence-corrected chi connectivity index (χ3v) is 4.21. The Bertz CT molecular complexity index is 633. The molecule has 126 valence electrons. The SMILES string of the molecule is CC(C)(C)OC(=O)NCC1(c2ncc(C=C(Br)Br)cc2Cl)CC1. The number of amides is 1. The molecule has 0 aliphatic heterocycles. The topological polar surface area (TPSA) is 51.2 Å². The van der Waals surface area contributed by atoms with E-state index in [2.05, 4.69) is 42.2 Å². The van der Waals surface area contributed by atoms with Crippen LogP contribution in [0.25, 0.3) is 6.08 Å². The van der Waals surface area contributed by atoms with E-state index in [1.807, 2.05) is 32.9 Å². The summed E-state index contributed by atoms with van der Waals surface area (Å²) in [4.78, 5) is 16.3. The van der Waals surface area contributed by atoms with E-state index in [4.69, 9.17) is 16.3 Å². The fraction of sp³-hybridized carbons (Fsp3) is 0.500. The second kappa shape index (κ2) is 7.11. The molecule has 2 rings (SSSR count). The third kappa shape index (κ3) is 5.47. The van der Waals surface area contributed by atoms with Crippen molar-refractivity contribution in [2.24, 2.45) is 0 Å². The number of halogens is 3. The van der Waals surface area contributed by atoms with Crippen LogP contribution in [0.3, 0.4) is 0 Å². The number of carbonyl (C=O) groups excluding carboxylic acids is 1. The van der Waals surface area contributed by atoms with Gasteiger partial charge in [0, 0.05) is 18.2 Å². The average Bonchev–Trinajstić information content (AvgIpc) is 3.14. The third-order valence-electron chi connectivity index (χ3n) is 3.46. The lowest BCUT2D eigenvalue weighted by Crippen LogP contribution is -2.37. The van der Waals surface area contributed by atoms with Gasteiger partial charge < -0.3 is 10.1 Å². The molecule has 4 nitrogen and oxygen atoms in total. The van der Waals surface area contributed by atoms with Crippen molar-refractivity contribution in [1.82, 2.24) is 10.3 Å². The standard InChI is InChI=1S/C16H19Br2ClN2O2/c1-15(2,3)23-14(22)21-9-16(4-5-16)13-11(19)6-10(8-20-13)7-12(17)18/h6-8H,4-5,9H2,1-3H3,(H,21,22). The lowest BCUT2D eigenvalue weighted by atomic mass is 10.0. The van der Waals surface area contributed by atoms with E-state index in [1.165, 1.54) is 0 Å². The zero-order valence-corrected chi connectivity index (χ0v) is 17.2. The van der Waals surface area contributed by atoms with Crippen LogP contribution in [0, 0.1) is 0 Å². The number of rotatable bonds is 4. The number of hydrogen-bond donors (Lipinski definition) is 1. The van der Waals surface area contributed by atoms with Gasteiger partial charge in [0.05, 0.1) is 14.1 Å². The molecule has 1 fully saturated rings. The van der Waals surface area contributed by atoms with Crippen LogP contribution in [0.1, 0.15) is 44.9 Å². The number of nitrogens with zero attached hydrogens (tertiary/aromatic N) is 1. The molecule has 1 N–H and O–H groups in total. The highest BCUT2D eigenvalue weighted by Crippen LogP contribution is 2.49. The van der Waals surface area contributed by atoms with Gasteiger partial charge in [0.1, 0.15) is 5.60 Å². The zero-order valence-electron chi connectivity index (χ0n) is 13.3. The molecule has 0 spiro atoms. The molecule has 0 saturated heterocycles. The first kappa shape index (κ1) is 18.7. The molecular weight excluding hydrogens is 447 g/mol. The molecule has 1 aromatic heterocycles. The molecule has 0 atom stereocenters. The minimum atomic E-state index is -0.506. The summed E-state index contributed by atoms with van der Waals surface area (Å²) in [5.74, 6) is 0. The summed E-state index contributed by atoms with van der Waals surface area (Å²) >= 11 is 13.0. The molecule has 1 aromatic rings. The van der Waals surface area contributed by atoms with Crippen LogP contribution in [0.15, 0.2) is 15.7 Å². The van der Waals surface area contributed by atoms with Crippen molar-refractivity contribution in [3.63, 3.8) is 0 Å². The van der Waals surface area contributed by atoms with Crippen molar-refractivity contribution in [2.75, 3.05) is 6.54 Å². The van der Waals surface area contributed by atoms with Crippen LogP contribution < -0.4 is 5.32 Å². The van der Waals surface area contributed by atoms with E-state index in [9.17, 15) is 4.79 Å². The number of ether oxygens (including phenoxy) is 1. The summed E-state index contributed by atoms with van der Waals surface area (Å²) in [6, 6.07) is 1.87. The lowest BCUT2D eigenvalue weighted by Gasteiger charge is -2.22. The van der Waals surface area contributed by atoms with Gasteiger partial charge in [0.15, 0.2) is 0 Å². The minimum Gasteiger partial charge on any atom is -0.444 e. The van der Waals surface area contributed by atoms with E-state index in [1.54, 1.807) is 6.20 Å². The Balaban J connectivity index is 2.06. The zero-order chi connectivity index (χ0) is 17.3. The maximum Gasteiger partial charge on any atom is 0.407 e. The second-order valence-corrected chi connectivity index (χ2v) is 9.85. The molecule has 0 radical (unpaired) electrons. The van der Waals surface area contributed by atoms with Gasteiger partial charge in [-0.2, -0.15) is 0 Å². The normalized spacial score (nSPS) is 15.7. The largest absolute Gasteiger partial charge is 0.444 e. The van der Waals surface area contributed by atoms with Crippen LogP contribution in [-0.4, -0.2) is 23.2 Å². The maximum atomic E-state index is 11.8. The molecule has 1 heterocycles. The molecule has 1 saturated carbocycles. The lowest BCUT2D eigenvalue weighted by molar-refractivity contribution is 0.0522. The fourth-order valence-electron chi connectivity index (χ4n) is 2.25. The second-order valence-electron chi connectivity index (χ2n) is 6.67. The van der Waals surface area contributed by atoms with Crippen LogP contribution >= 0.6 is 43.5 Å². The highest BCUT2D eigenvalue weighted by Gasteiger charge is 2.47. The van der Waals surface area contributed by atoms with Gasteiger partial charge in [-0.25, -0.2) is 4.79 Å². The first-order valence-electron chi connectivity index (χ1n) is 7.27. The highest BCUT2D eigenvalue weighted by molar-refractivity contribution is 9.28. The summed E-state index contributed by atoms with van der Waals surface area (Å²) < 4.78 is 6.09. The van der Waals surface area contributed by atoms with Gasteiger partial charge in [-0.3, -0.25) is 4.98 Å². The molecule has 0 aromatic carbocycles. The Morgan fingerprint density at radius 1 is 1.48 bits per heavy atom. The van der Waals surface area contributed by atoms with Crippen molar-refractivity contribution in [3.8, 4) is 0 Å². The molecule has 1 amide bonds. The molecule has 1 aliphatic carbocycles. The van der Waals surface area contributed by atoms with Crippen LogP contribution in [0.5, 0.6) is 0 Å². The monoisotopic (exact) mass is 464 g/mol. The molecule has 0 unspecified atom stereocenters. The molecular formula is C16H19Br2ClN2O2. The van der Waals surface area contributed by atoms with E-state index in [0.29, 0.717) is 11.6 Å². The summed E-state index contributed by atoms with van der Waals surface area (Å²) in [7, 11) is 0. The summed E-state index contributed by atoms with van der Waals surface area (Å²) in [6.45, 7) is 6.00. The Hall–Kier alpha value is -0.590. The Kier molecular flexibility index (Phi) is 5.80. The first-order chi connectivity index (χ1) is 10.6. The average molecular weight is 467 g/mol. The van der Waals surface area contributed by atoms with Crippen molar-refractivity contribution in [2.45, 2.75) is 44.6 Å². The van der Waals surface area contributed by atoms with Crippen molar-refractivity contribution >= 4 is 55.6 Å². The quantitative estimate of drug-likeness (QED) is 0.648. The van der Waals surface area contributed by atoms with Gasteiger partial charge in [0.2, 0.25) is 0 Å². The Labute approximate surface area is 158 Å². The number of nitrogens with one attached hydrogen (secondary N) is 1. The van der Waals surface area contributed by atoms with E-state index < -0.39 is 11.7 Å². The predicted molar refractivity (Wildman–Crippen MR) is 100 cm³/mol. The van der Waals surface area contributed by atoms with E-state index in [0.717, 1.165) is 27.5 Å². The first-order valence-corrected chi connectivity index (χ1v) is 9.23. The van der Waals surface area contributed by atoms with E-state index >= 15 is 0 Å². The molecule has 0 bridgehead atoms. The van der Waals surface area contributed by atoms with Crippen LogP contribution in [0.2, 0.25) is 5.02 Å². The predicted octanol–water partition coefficient (Wildman–Crippen LogP) is 5.38. The van der Waals surface area contributed by atoms with Crippen molar-refractivity contribution in [3.05, 3.63) is 31.9 Å². The van der Waals surface area contributed by atoms with Crippen molar-refractivity contribution < 1.29 is 9.53 Å². The number of aromatic nitrogens is 1. The van der Waals surface area contributed by atoms with Gasteiger partial charge in [-0.15, -0.1) is 0 Å². The van der Waals surface area contributed by atoms with Crippen LogP contribution in [0.4, 0.5) is 4.79 Å². The molecule has 23 heavy (non-hydrogen) atoms. The number of carbonyl (C=O) groups is 1. The molecule has 1 aliphatic rings. The highest BCUT2D eigenvalue weighted by atomic mass is 79.9. The van der Waals surface area contributed by atoms with E-state index in [-0.39, 0.29) is 5.41 Å². The number of alkyl carbamates (subject to hydrolysis) is 1. The van der Waals surface area contributed by atoms with Gasteiger partial charge >= 0.3 is 6.09 Å². The smallest absolute Gasteiger partial charge is 0.407 e. The number of hydrogen-bond acceptors (Lipinski definition) is 3. The van der Waals surface area contributed by atoms with Crippen LogP contribution in [-0.2, 0) is 10.2 Å². The van der Waals surface area contributed by atoms with Gasteiger partial charge in [-0.1, -0.05) is 11.6 Å². The summed E-state index contributed by atoms with van der Waals surface area (Å²) in [5, 5.41) is 3.44. The number of pyridine rings is 1. The Morgan fingerprint density at radius 3 is 2.61 bits per heavy atom.